The standard InChI is InChI=1S/C19H20Cl2F3N3O4S/c1-25(2)16(28)5-10(31-4)9-32-14-7-13(11(20)6-12(14)21)27-17(29)8-15(19(22,23)24)26(3)18(27)30/h5,7-8,12H,6,9H2,1-4H3. The Balaban J connectivity index is 2.46. The highest BCUT2D eigenvalue weighted by atomic mass is 35.5. The van der Waals surface area contributed by atoms with E-state index >= 15 is 0 Å². The molecule has 13 heteroatoms. The highest BCUT2D eigenvalue weighted by Gasteiger charge is 2.35. The third-order valence-electron chi connectivity index (χ3n) is 4.44. The van der Waals surface area contributed by atoms with Crippen LogP contribution in [0.1, 0.15) is 12.1 Å². The summed E-state index contributed by atoms with van der Waals surface area (Å²) in [6.45, 7) is 0. The Morgan fingerprint density at radius 2 is 2.00 bits per heavy atom. The number of aromatic nitrogens is 2. The first-order chi connectivity index (χ1) is 14.8. The highest BCUT2D eigenvalue weighted by molar-refractivity contribution is 8.03. The number of hydrogen-bond donors (Lipinski definition) is 0. The van der Waals surface area contributed by atoms with Crippen LogP contribution in [-0.4, -0.2) is 52.3 Å². The summed E-state index contributed by atoms with van der Waals surface area (Å²) in [7, 11) is 5.48. The Kier molecular flexibility index (Phi) is 8.35. The summed E-state index contributed by atoms with van der Waals surface area (Å²) in [5, 5.41) is -0.550. The van der Waals surface area contributed by atoms with Crippen molar-refractivity contribution < 1.29 is 22.7 Å². The van der Waals surface area contributed by atoms with E-state index in [1.165, 1.54) is 35.9 Å². The van der Waals surface area contributed by atoms with Crippen LogP contribution in [0.15, 0.2) is 43.5 Å². The van der Waals surface area contributed by atoms with Crippen LogP contribution in [0.25, 0.3) is 5.70 Å². The molecule has 0 radical (unpaired) electrons. The smallest absolute Gasteiger partial charge is 0.431 e. The molecule has 1 heterocycles. The van der Waals surface area contributed by atoms with Crippen LogP contribution in [0.3, 0.4) is 0 Å². The van der Waals surface area contributed by atoms with Crippen molar-refractivity contribution in [1.82, 2.24) is 14.0 Å². The van der Waals surface area contributed by atoms with Gasteiger partial charge in [0.1, 0.15) is 11.5 Å². The second-order valence-corrected chi connectivity index (χ2v) is 8.92. The lowest BCUT2D eigenvalue weighted by Crippen LogP contribution is -2.41. The predicted octanol–water partition coefficient (Wildman–Crippen LogP) is 3.22. The summed E-state index contributed by atoms with van der Waals surface area (Å²) >= 11 is 13.8. The molecule has 0 bridgehead atoms. The molecule has 1 aromatic rings. The number of hydrogen-bond acceptors (Lipinski definition) is 5. The van der Waals surface area contributed by atoms with Gasteiger partial charge in [-0.15, -0.1) is 23.4 Å². The quantitative estimate of drug-likeness (QED) is 0.331. The Labute approximate surface area is 195 Å². The summed E-state index contributed by atoms with van der Waals surface area (Å²) in [5.41, 5.74) is -3.79. The third kappa shape index (κ3) is 5.81. The minimum absolute atomic E-state index is 0.0521. The van der Waals surface area contributed by atoms with Gasteiger partial charge in [-0.05, 0) is 6.08 Å². The number of halogens is 5. The van der Waals surface area contributed by atoms with Crippen LogP contribution in [0.2, 0.25) is 0 Å². The lowest BCUT2D eigenvalue weighted by molar-refractivity contribution is -0.144. The molecule has 0 N–H and O–H groups in total. The molecule has 0 fully saturated rings. The van der Waals surface area contributed by atoms with Crippen LogP contribution in [0.4, 0.5) is 13.2 Å². The molecule has 1 aromatic heterocycles. The number of allylic oxidation sites excluding steroid dienone is 4. The molecule has 0 saturated heterocycles. The Morgan fingerprint density at radius 1 is 1.38 bits per heavy atom. The fourth-order valence-electron chi connectivity index (χ4n) is 2.68. The summed E-state index contributed by atoms with van der Waals surface area (Å²) in [5.74, 6) is 0.268. The Bertz CT molecular complexity index is 1120. The number of rotatable bonds is 6. The zero-order valence-electron chi connectivity index (χ0n) is 17.5. The van der Waals surface area contributed by atoms with E-state index in [9.17, 15) is 27.6 Å². The van der Waals surface area contributed by atoms with E-state index < -0.39 is 28.5 Å². The second-order valence-electron chi connectivity index (χ2n) is 6.89. The van der Waals surface area contributed by atoms with E-state index in [-0.39, 0.29) is 28.8 Å². The first-order valence-corrected chi connectivity index (χ1v) is 10.8. The molecule has 1 amide bonds. The van der Waals surface area contributed by atoms with Crippen LogP contribution in [0, 0.1) is 0 Å². The number of amides is 1. The van der Waals surface area contributed by atoms with E-state index in [1.54, 1.807) is 14.1 Å². The Hall–Kier alpha value is -2.11. The number of ether oxygens (including phenoxy) is 1. The molecule has 1 atom stereocenters. The number of thioether (sulfide) groups is 1. The zero-order chi connectivity index (χ0) is 24.4. The van der Waals surface area contributed by atoms with Crippen molar-refractivity contribution in [2.24, 2.45) is 7.05 Å². The Morgan fingerprint density at radius 3 is 2.53 bits per heavy atom. The molecule has 1 unspecified atom stereocenters. The molecule has 32 heavy (non-hydrogen) atoms. The number of methoxy groups -OCH3 is 1. The van der Waals surface area contributed by atoms with Gasteiger partial charge in [0.15, 0.2) is 0 Å². The molecule has 0 saturated carbocycles. The number of nitrogens with zero attached hydrogens (tertiary/aromatic N) is 3. The molecule has 1 aliphatic carbocycles. The molecule has 7 nitrogen and oxygen atoms in total. The third-order valence-corrected chi connectivity index (χ3v) is 6.48. The predicted molar refractivity (Wildman–Crippen MR) is 119 cm³/mol. The summed E-state index contributed by atoms with van der Waals surface area (Å²) in [4.78, 5) is 38.7. The molecule has 0 aliphatic heterocycles. The van der Waals surface area contributed by atoms with Crippen LogP contribution >= 0.6 is 35.0 Å². The van der Waals surface area contributed by atoms with Gasteiger partial charge in [0.25, 0.3) is 5.56 Å². The van der Waals surface area contributed by atoms with E-state index in [4.69, 9.17) is 27.9 Å². The van der Waals surface area contributed by atoms with E-state index in [0.29, 0.717) is 25.9 Å². The minimum Gasteiger partial charge on any atom is -0.500 e. The SMILES string of the molecule is COC(=CC(=O)N(C)C)CSC1=CC(n2c(=O)cc(C(F)(F)F)n(C)c2=O)=C(Cl)CC1Cl. The van der Waals surface area contributed by atoms with Crippen LogP contribution in [-0.2, 0) is 22.8 Å². The highest BCUT2D eigenvalue weighted by Crippen LogP contribution is 2.38. The van der Waals surface area contributed by atoms with Gasteiger partial charge in [0.2, 0.25) is 5.91 Å². The maximum absolute atomic E-state index is 13.1. The van der Waals surface area contributed by atoms with Crippen molar-refractivity contribution >= 4 is 46.6 Å². The summed E-state index contributed by atoms with van der Waals surface area (Å²) in [6.07, 6.45) is -2.14. The number of carbonyl (C=O) groups excluding carboxylic acids is 1. The molecule has 176 valence electrons. The fraction of sp³-hybridized carbons (Fsp3) is 0.421. The first kappa shape index (κ1) is 26.1. The molecule has 0 aromatic carbocycles. The topological polar surface area (TPSA) is 73.5 Å². The minimum atomic E-state index is -4.87. The van der Waals surface area contributed by atoms with E-state index in [1.807, 2.05) is 0 Å². The summed E-state index contributed by atoms with van der Waals surface area (Å²) < 4.78 is 45.4. The monoisotopic (exact) mass is 513 g/mol. The molecule has 1 aliphatic rings. The van der Waals surface area contributed by atoms with Gasteiger partial charge in [-0.1, -0.05) is 11.6 Å². The molecular formula is C19H20Cl2F3N3O4S. The number of carbonyl (C=O) groups is 1. The average Bonchev–Trinajstić information content (AvgIpc) is 2.69. The first-order valence-electron chi connectivity index (χ1n) is 9.01. The van der Waals surface area contributed by atoms with Gasteiger partial charge >= 0.3 is 11.9 Å². The average molecular weight is 514 g/mol. The normalized spacial score (nSPS) is 17.3. The largest absolute Gasteiger partial charge is 0.500 e. The maximum Gasteiger partial charge on any atom is 0.431 e. The van der Waals surface area contributed by atoms with Gasteiger partial charge in [0, 0.05) is 49.6 Å². The lowest BCUT2D eigenvalue weighted by Gasteiger charge is -2.22. The van der Waals surface area contributed by atoms with Gasteiger partial charge < -0.3 is 9.64 Å². The second kappa shape index (κ2) is 10.2. The van der Waals surface area contributed by atoms with Crippen molar-refractivity contribution in [2.45, 2.75) is 18.0 Å². The van der Waals surface area contributed by atoms with Crippen molar-refractivity contribution in [3.63, 3.8) is 0 Å². The maximum atomic E-state index is 13.1. The van der Waals surface area contributed by atoms with Gasteiger partial charge in [0.05, 0.1) is 23.9 Å². The van der Waals surface area contributed by atoms with Gasteiger partial charge in [-0.25, -0.2) is 9.36 Å². The number of likely N-dealkylation sites (N-methyl/N-ethyl adjacent to an activating group) is 1. The van der Waals surface area contributed by atoms with Crippen LogP contribution < -0.4 is 11.2 Å². The fourth-order valence-corrected chi connectivity index (χ4v) is 4.43. The van der Waals surface area contributed by atoms with E-state index in [0.717, 1.165) is 7.05 Å². The van der Waals surface area contributed by atoms with Gasteiger partial charge in [-0.2, -0.15) is 13.2 Å². The van der Waals surface area contributed by atoms with E-state index in [2.05, 4.69) is 0 Å². The van der Waals surface area contributed by atoms with Crippen LogP contribution in [0.5, 0.6) is 0 Å². The van der Waals surface area contributed by atoms with Crippen molar-refractivity contribution in [1.29, 1.82) is 0 Å². The van der Waals surface area contributed by atoms with Crippen molar-refractivity contribution in [3.05, 3.63) is 60.4 Å². The molecule has 2 rings (SSSR count). The summed E-state index contributed by atoms with van der Waals surface area (Å²) in [6, 6.07) is 0.338. The molecule has 0 spiro atoms. The number of alkyl halides is 4. The van der Waals surface area contributed by atoms with Crippen molar-refractivity contribution in [3.8, 4) is 0 Å². The van der Waals surface area contributed by atoms with Gasteiger partial charge in [-0.3, -0.25) is 14.2 Å². The molecular weight excluding hydrogens is 494 g/mol. The van der Waals surface area contributed by atoms with Crippen molar-refractivity contribution in [2.75, 3.05) is 27.0 Å². The lowest BCUT2D eigenvalue weighted by atomic mass is 10.1. The zero-order valence-corrected chi connectivity index (χ0v) is 19.8.